The third kappa shape index (κ3) is 8.91. The van der Waals surface area contributed by atoms with Crippen LogP contribution in [0, 0.1) is 11.2 Å². The van der Waals surface area contributed by atoms with Gasteiger partial charge in [0.05, 0.1) is 22.8 Å². The molecule has 0 radical (unpaired) electrons. The Morgan fingerprint density at radius 2 is 1.51 bits per heavy atom. The highest BCUT2D eigenvalue weighted by atomic mass is 35.5. The van der Waals surface area contributed by atoms with E-state index in [0.29, 0.717) is 38.5 Å². The van der Waals surface area contributed by atoms with E-state index >= 15 is 0 Å². The zero-order valence-electron chi connectivity index (χ0n) is 26.9. The van der Waals surface area contributed by atoms with E-state index in [0.717, 1.165) is 57.4 Å². The topological polar surface area (TPSA) is 109 Å². The summed E-state index contributed by atoms with van der Waals surface area (Å²) < 4.78 is 67.9. The normalized spacial score (nSPS) is 31.5. The van der Waals surface area contributed by atoms with E-state index in [9.17, 15) is 32.3 Å². The molecule has 2 amide bonds. The first-order valence-electron chi connectivity index (χ1n) is 17.1. The van der Waals surface area contributed by atoms with Crippen LogP contribution in [0.15, 0.2) is 18.2 Å². The van der Waals surface area contributed by atoms with Gasteiger partial charge in [0.2, 0.25) is 5.91 Å². The minimum atomic E-state index is -4.36. The number of benzene rings is 1. The summed E-state index contributed by atoms with van der Waals surface area (Å²) in [6.45, 7) is -0.612. The lowest BCUT2D eigenvalue weighted by Crippen LogP contribution is -2.70. The van der Waals surface area contributed by atoms with Gasteiger partial charge in [-0.25, -0.2) is 4.39 Å². The van der Waals surface area contributed by atoms with Crippen molar-refractivity contribution < 1.29 is 41.7 Å². The summed E-state index contributed by atoms with van der Waals surface area (Å²) in [6, 6.07) is 2.30. The number of alkyl halides is 3. The lowest BCUT2D eigenvalue weighted by atomic mass is 9.60. The number of piperidine rings is 1. The Morgan fingerprint density at radius 1 is 0.894 bits per heavy atom. The molecular weight excluding hydrogens is 642 g/mol. The van der Waals surface area contributed by atoms with Gasteiger partial charge in [0.25, 0.3) is 5.91 Å². The molecule has 6 rings (SSSR count). The number of carbonyl (C=O) groups is 2. The van der Waals surface area contributed by atoms with Crippen molar-refractivity contribution in [2.75, 3.05) is 19.8 Å². The molecule has 5 aliphatic rings. The number of carbonyl (C=O) groups excluding carboxylic acids is 2. The number of halogens is 5. The van der Waals surface area contributed by atoms with Gasteiger partial charge in [-0.2, -0.15) is 13.2 Å². The molecule has 0 aromatic heterocycles. The highest BCUT2D eigenvalue weighted by Gasteiger charge is 2.57. The van der Waals surface area contributed by atoms with Gasteiger partial charge in [-0.3, -0.25) is 9.59 Å². The molecule has 47 heavy (non-hydrogen) atoms. The van der Waals surface area contributed by atoms with Crippen LogP contribution in [0.25, 0.3) is 0 Å². The Bertz CT molecular complexity index is 1230. The number of rotatable bonds is 8. The maximum atomic E-state index is 14.3. The Kier molecular flexibility index (Phi) is 11.7. The minimum absolute atomic E-state index is 0.0297. The monoisotopic (exact) mass is 689 g/mol. The van der Waals surface area contributed by atoms with Crippen molar-refractivity contribution in [3.63, 3.8) is 0 Å². The smallest absolute Gasteiger partial charge is 0.404 e. The van der Waals surface area contributed by atoms with Gasteiger partial charge in [-0.1, -0.05) is 63.0 Å². The molecule has 13 heteroatoms. The fourth-order valence-corrected chi connectivity index (χ4v) is 8.66. The summed E-state index contributed by atoms with van der Waals surface area (Å²) in [5.74, 6) is -1.33. The predicted molar refractivity (Wildman–Crippen MR) is 169 cm³/mol. The summed E-state index contributed by atoms with van der Waals surface area (Å²) in [5, 5.41) is 19.8. The minimum Gasteiger partial charge on any atom is -0.484 e. The molecule has 1 aliphatic heterocycles. The van der Waals surface area contributed by atoms with Crippen LogP contribution in [0.3, 0.4) is 0 Å². The van der Waals surface area contributed by atoms with Gasteiger partial charge in [0, 0.05) is 18.2 Å². The molecule has 3 unspecified atom stereocenters. The molecule has 1 aromatic rings. The van der Waals surface area contributed by atoms with E-state index in [1.807, 2.05) is 0 Å². The van der Waals surface area contributed by atoms with E-state index < -0.39 is 52.6 Å². The first-order chi connectivity index (χ1) is 22.3. The van der Waals surface area contributed by atoms with Crippen LogP contribution in [0.5, 0.6) is 5.75 Å². The van der Waals surface area contributed by atoms with Gasteiger partial charge in [0.1, 0.15) is 24.2 Å². The van der Waals surface area contributed by atoms with Crippen molar-refractivity contribution in [2.45, 2.75) is 138 Å². The van der Waals surface area contributed by atoms with Gasteiger partial charge >= 0.3 is 6.18 Å². The molecule has 5 fully saturated rings. The maximum Gasteiger partial charge on any atom is 0.404 e. The number of hydrogen-bond donors (Lipinski definition) is 4. The molecule has 4 aliphatic carbocycles. The summed E-state index contributed by atoms with van der Waals surface area (Å²) in [6.07, 6.45) is 5.34. The van der Waals surface area contributed by atoms with Crippen LogP contribution in [0.2, 0.25) is 5.02 Å². The van der Waals surface area contributed by atoms with Gasteiger partial charge in [-0.05, 0) is 68.9 Å². The first-order valence-corrected chi connectivity index (χ1v) is 17.5. The second-order valence-corrected chi connectivity index (χ2v) is 14.7. The van der Waals surface area contributed by atoms with Crippen LogP contribution in [0.4, 0.5) is 17.6 Å². The molecule has 1 saturated heterocycles. The SMILES string of the molecule is O=C(COC1CNC(C(F)(F)F)C2(CCCCCCCCCC2)C1)NC12CCC(NC(=O)COc3ccc(Cl)c(F)c3)(CC1)C(O)C2. The second-order valence-electron chi connectivity index (χ2n) is 14.3. The number of amides is 2. The molecule has 264 valence electrons. The number of aliphatic hydroxyl groups is 1. The van der Waals surface area contributed by atoms with Crippen molar-refractivity contribution in [2.24, 2.45) is 5.41 Å². The Balaban J connectivity index is 1.12. The summed E-state index contributed by atoms with van der Waals surface area (Å²) in [4.78, 5) is 25.8. The zero-order valence-corrected chi connectivity index (χ0v) is 27.6. The number of aliphatic hydroxyl groups excluding tert-OH is 1. The lowest BCUT2D eigenvalue weighted by molar-refractivity contribution is -0.204. The summed E-state index contributed by atoms with van der Waals surface area (Å²) in [7, 11) is 0. The fourth-order valence-electron chi connectivity index (χ4n) is 8.54. The lowest BCUT2D eigenvalue weighted by Gasteiger charge is -2.56. The van der Waals surface area contributed by atoms with Gasteiger partial charge < -0.3 is 30.5 Å². The highest BCUT2D eigenvalue weighted by Crippen LogP contribution is 2.49. The van der Waals surface area contributed by atoms with Gasteiger partial charge in [0.15, 0.2) is 6.61 Å². The Morgan fingerprint density at radius 3 is 2.11 bits per heavy atom. The van der Waals surface area contributed by atoms with E-state index in [-0.39, 0.29) is 49.3 Å². The first kappa shape index (κ1) is 36.1. The highest BCUT2D eigenvalue weighted by molar-refractivity contribution is 6.30. The molecular formula is C34H48ClF4N3O5. The van der Waals surface area contributed by atoms with Crippen LogP contribution in [-0.2, 0) is 14.3 Å². The third-order valence-electron chi connectivity index (χ3n) is 11.0. The molecule has 8 nitrogen and oxygen atoms in total. The number of ether oxygens (including phenoxy) is 2. The standard InChI is InChI=1S/C34H48ClF4N3O5/c35-25-10-9-23(17-26(25)36)46-22-29(45)42-33-15-13-32(14-16-33,19-27(33)43)41-28(44)21-47-24-18-31(30(40-20-24)34(37,38)39)11-7-5-3-1-2-4-6-8-12-31/h9-10,17,24,27,30,40,43H,1-8,11-16,18-22H2,(H,41,44)(H,42,45). The van der Waals surface area contributed by atoms with Crippen molar-refractivity contribution in [3.8, 4) is 5.75 Å². The molecule has 4 saturated carbocycles. The second kappa shape index (κ2) is 15.2. The van der Waals surface area contributed by atoms with Crippen molar-refractivity contribution in [3.05, 3.63) is 29.0 Å². The average Bonchev–Trinajstić information content (AvgIpc) is 3.07. The molecule has 1 aromatic carbocycles. The molecule has 3 atom stereocenters. The van der Waals surface area contributed by atoms with E-state index in [2.05, 4.69) is 16.0 Å². The van der Waals surface area contributed by atoms with Crippen LogP contribution < -0.4 is 20.7 Å². The summed E-state index contributed by atoms with van der Waals surface area (Å²) in [5.41, 5.74) is -2.48. The quantitative estimate of drug-likeness (QED) is 0.245. The average molecular weight is 690 g/mol. The Labute approximate surface area is 279 Å². The van der Waals surface area contributed by atoms with E-state index in [1.54, 1.807) is 0 Å². The van der Waals surface area contributed by atoms with Crippen LogP contribution >= 0.6 is 11.6 Å². The number of nitrogens with one attached hydrogen (secondary N) is 3. The van der Waals surface area contributed by atoms with E-state index in [4.69, 9.17) is 21.1 Å². The van der Waals surface area contributed by atoms with E-state index in [1.165, 1.54) is 12.1 Å². The van der Waals surface area contributed by atoms with Crippen molar-refractivity contribution >= 4 is 23.4 Å². The molecule has 2 bridgehead atoms. The molecule has 4 N–H and O–H groups in total. The molecule has 1 heterocycles. The van der Waals surface area contributed by atoms with Crippen molar-refractivity contribution in [1.82, 2.24) is 16.0 Å². The van der Waals surface area contributed by atoms with Crippen LogP contribution in [-0.4, -0.2) is 72.2 Å². The number of hydrogen-bond acceptors (Lipinski definition) is 6. The zero-order chi connectivity index (χ0) is 33.7. The third-order valence-corrected chi connectivity index (χ3v) is 11.4. The maximum absolute atomic E-state index is 14.3. The molecule has 1 spiro atoms. The van der Waals surface area contributed by atoms with Crippen molar-refractivity contribution in [1.29, 1.82) is 0 Å². The predicted octanol–water partition coefficient (Wildman–Crippen LogP) is 6.12. The Hall–Kier alpha value is -2.15. The fraction of sp³-hybridized carbons (Fsp3) is 0.765. The van der Waals surface area contributed by atoms with Crippen LogP contribution in [0.1, 0.15) is 103 Å². The number of fused-ring (bicyclic) bond motifs is 3. The largest absolute Gasteiger partial charge is 0.484 e. The van der Waals surface area contributed by atoms with Gasteiger partial charge in [-0.15, -0.1) is 0 Å². The summed E-state index contributed by atoms with van der Waals surface area (Å²) >= 11 is 5.69.